The second kappa shape index (κ2) is 5.27. The molecule has 0 aliphatic carbocycles. The third kappa shape index (κ3) is 3.68. The molecule has 2 aromatic carbocycles. The van der Waals surface area contributed by atoms with Crippen molar-refractivity contribution in [3.05, 3.63) is 60.2 Å². The van der Waals surface area contributed by atoms with Crippen LogP contribution < -0.4 is 0 Å². The first-order valence-corrected chi connectivity index (χ1v) is 6.26. The molecule has 0 atom stereocenters. The molecule has 1 radical (unpaired) electrons. The SMILES string of the molecule is CC(C)(C)OC(=O)c1ccc(-c2cc[c]cc2)cc1. The quantitative estimate of drug-likeness (QED) is 0.753. The third-order valence-corrected chi connectivity index (χ3v) is 2.57. The monoisotopic (exact) mass is 253 g/mol. The summed E-state index contributed by atoms with van der Waals surface area (Å²) >= 11 is 0. The zero-order valence-electron chi connectivity index (χ0n) is 11.4. The minimum atomic E-state index is -0.467. The molecule has 0 spiro atoms. The van der Waals surface area contributed by atoms with Gasteiger partial charge in [-0.3, -0.25) is 0 Å². The van der Waals surface area contributed by atoms with Crippen LogP contribution in [0.1, 0.15) is 31.1 Å². The average Bonchev–Trinajstić information content (AvgIpc) is 2.38. The number of hydrogen-bond acceptors (Lipinski definition) is 2. The molecule has 2 heteroatoms. The van der Waals surface area contributed by atoms with Crippen molar-refractivity contribution in [1.29, 1.82) is 0 Å². The van der Waals surface area contributed by atoms with Crippen LogP contribution in [0.4, 0.5) is 0 Å². The molecule has 0 saturated carbocycles. The summed E-state index contributed by atoms with van der Waals surface area (Å²) < 4.78 is 5.33. The molecule has 2 aromatic rings. The summed E-state index contributed by atoms with van der Waals surface area (Å²) in [5, 5.41) is 0. The van der Waals surface area contributed by atoms with Gasteiger partial charge in [0.05, 0.1) is 5.56 Å². The lowest BCUT2D eigenvalue weighted by molar-refractivity contribution is 0.00696. The Morgan fingerprint density at radius 2 is 1.47 bits per heavy atom. The fourth-order valence-corrected chi connectivity index (χ4v) is 1.72. The molecule has 0 unspecified atom stereocenters. The first-order chi connectivity index (χ1) is 8.96. The standard InChI is InChI=1S/C17H17O2/c1-17(2,3)19-16(18)15-11-9-14(10-12-15)13-7-5-4-6-8-13/h5-12H,1-3H3. The van der Waals surface area contributed by atoms with Crippen molar-refractivity contribution in [2.24, 2.45) is 0 Å². The largest absolute Gasteiger partial charge is 0.456 e. The van der Waals surface area contributed by atoms with E-state index in [0.29, 0.717) is 5.56 Å². The van der Waals surface area contributed by atoms with Crippen molar-refractivity contribution < 1.29 is 9.53 Å². The van der Waals surface area contributed by atoms with Crippen LogP contribution in [0.2, 0.25) is 0 Å². The number of carbonyl (C=O) groups excluding carboxylic acids is 1. The molecule has 19 heavy (non-hydrogen) atoms. The molecular formula is C17H17O2. The molecule has 0 aromatic heterocycles. The Bertz CT molecular complexity index is 548. The minimum absolute atomic E-state index is 0.291. The summed E-state index contributed by atoms with van der Waals surface area (Å²) in [5.41, 5.74) is 2.28. The van der Waals surface area contributed by atoms with Gasteiger partial charge in [-0.05, 0) is 50.1 Å². The Morgan fingerprint density at radius 3 is 2.00 bits per heavy atom. The topological polar surface area (TPSA) is 26.3 Å². The Balaban J connectivity index is 2.17. The molecule has 0 saturated heterocycles. The number of benzene rings is 2. The van der Waals surface area contributed by atoms with Crippen LogP contribution in [0.3, 0.4) is 0 Å². The fraction of sp³-hybridized carbons (Fsp3) is 0.235. The highest BCUT2D eigenvalue weighted by molar-refractivity contribution is 5.90. The van der Waals surface area contributed by atoms with E-state index < -0.39 is 5.60 Å². The summed E-state index contributed by atoms with van der Waals surface area (Å²) in [6, 6.07) is 18.1. The van der Waals surface area contributed by atoms with Gasteiger partial charge >= 0.3 is 5.97 Å². The van der Waals surface area contributed by atoms with Crippen molar-refractivity contribution in [2.75, 3.05) is 0 Å². The summed E-state index contributed by atoms with van der Waals surface area (Å²) in [4.78, 5) is 11.9. The van der Waals surface area contributed by atoms with Gasteiger partial charge in [0.15, 0.2) is 0 Å². The zero-order chi connectivity index (χ0) is 13.9. The molecule has 97 valence electrons. The van der Waals surface area contributed by atoms with E-state index in [2.05, 4.69) is 6.07 Å². The lowest BCUT2D eigenvalue weighted by atomic mass is 10.0. The molecule has 0 amide bonds. The highest BCUT2D eigenvalue weighted by Crippen LogP contribution is 2.20. The molecule has 0 aliphatic rings. The Hall–Kier alpha value is -2.09. The van der Waals surface area contributed by atoms with Crippen LogP contribution in [-0.4, -0.2) is 11.6 Å². The number of esters is 1. The Labute approximate surface area is 114 Å². The van der Waals surface area contributed by atoms with Crippen molar-refractivity contribution in [2.45, 2.75) is 26.4 Å². The van der Waals surface area contributed by atoms with Crippen LogP contribution in [0.15, 0.2) is 48.5 Å². The second-order valence-corrected chi connectivity index (χ2v) is 5.37. The van der Waals surface area contributed by atoms with Gasteiger partial charge in [0, 0.05) is 0 Å². The zero-order valence-corrected chi connectivity index (χ0v) is 11.4. The number of rotatable bonds is 2. The maximum atomic E-state index is 11.9. The number of carbonyl (C=O) groups is 1. The van der Waals surface area contributed by atoms with Crippen LogP contribution in [0.25, 0.3) is 11.1 Å². The van der Waals surface area contributed by atoms with Crippen LogP contribution in [0.5, 0.6) is 0 Å². The molecule has 0 fully saturated rings. The first kappa shape index (κ1) is 13.3. The van der Waals surface area contributed by atoms with Gasteiger partial charge in [0.25, 0.3) is 0 Å². The first-order valence-electron chi connectivity index (χ1n) is 6.26. The predicted molar refractivity (Wildman–Crippen MR) is 75.9 cm³/mol. The number of hydrogen-bond donors (Lipinski definition) is 0. The summed E-state index contributed by atoms with van der Waals surface area (Å²) in [5.74, 6) is -0.291. The Morgan fingerprint density at radius 1 is 0.947 bits per heavy atom. The summed E-state index contributed by atoms with van der Waals surface area (Å²) in [7, 11) is 0. The predicted octanol–water partition coefficient (Wildman–Crippen LogP) is 4.11. The molecular weight excluding hydrogens is 236 g/mol. The Kier molecular flexibility index (Phi) is 3.70. The maximum absolute atomic E-state index is 11.9. The lowest BCUT2D eigenvalue weighted by Crippen LogP contribution is -2.23. The minimum Gasteiger partial charge on any atom is -0.456 e. The number of ether oxygens (including phenoxy) is 1. The molecule has 0 heterocycles. The van der Waals surface area contributed by atoms with Gasteiger partial charge in [-0.25, -0.2) is 4.79 Å². The summed E-state index contributed by atoms with van der Waals surface area (Å²) in [6.45, 7) is 5.58. The fourth-order valence-electron chi connectivity index (χ4n) is 1.72. The van der Waals surface area contributed by atoms with Gasteiger partial charge in [-0.15, -0.1) is 0 Å². The smallest absolute Gasteiger partial charge is 0.338 e. The van der Waals surface area contributed by atoms with Gasteiger partial charge in [-0.1, -0.05) is 36.4 Å². The second-order valence-electron chi connectivity index (χ2n) is 5.37. The van der Waals surface area contributed by atoms with Gasteiger partial charge < -0.3 is 4.74 Å². The van der Waals surface area contributed by atoms with Gasteiger partial charge in [-0.2, -0.15) is 0 Å². The summed E-state index contributed by atoms with van der Waals surface area (Å²) in [6.07, 6.45) is 0. The van der Waals surface area contributed by atoms with Crippen LogP contribution in [-0.2, 0) is 4.74 Å². The van der Waals surface area contributed by atoms with E-state index in [9.17, 15) is 4.79 Å². The highest BCUT2D eigenvalue weighted by atomic mass is 16.6. The van der Waals surface area contributed by atoms with Crippen molar-refractivity contribution >= 4 is 5.97 Å². The van der Waals surface area contributed by atoms with E-state index in [0.717, 1.165) is 11.1 Å². The van der Waals surface area contributed by atoms with Crippen LogP contribution in [0, 0.1) is 6.07 Å². The molecule has 2 rings (SSSR count). The van der Waals surface area contributed by atoms with E-state index in [1.165, 1.54) is 0 Å². The van der Waals surface area contributed by atoms with Gasteiger partial charge in [0.2, 0.25) is 0 Å². The average molecular weight is 253 g/mol. The van der Waals surface area contributed by atoms with E-state index in [-0.39, 0.29) is 5.97 Å². The normalized spacial score (nSPS) is 11.1. The van der Waals surface area contributed by atoms with E-state index >= 15 is 0 Å². The van der Waals surface area contributed by atoms with E-state index in [4.69, 9.17) is 4.74 Å². The maximum Gasteiger partial charge on any atom is 0.338 e. The van der Waals surface area contributed by atoms with Crippen LogP contribution >= 0.6 is 0 Å². The molecule has 0 N–H and O–H groups in total. The van der Waals surface area contributed by atoms with Crippen molar-refractivity contribution in [1.82, 2.24) is 0 Å². The lowest BCUT2D eigenvalue weighted by Gasteiger charge is -2.19. The molecule has 0 aliphatic heterocycles. The van der Waals surface area contributed by atoms with Crippen molar-refractivity contribution in [3.63, 3.8) is 0 Å². The van der Waals surface area contributed by atoms with Crippen molar-refractivity contribution in [3.8, 4) is 11.1 Å². The van der Waals surface area contributed by atoms with E-state index in [1.807, 2.05) is 57.2 Å². The van der Waals surface area contributed by atoms with Gasteiger partial charge in [0.1, 0.15) is 5.60 Å². The van der Waals surface area contributed by atoms with E-state index in [1.54, 1.807) is 12.1 Å². The highest BCUT2D eigenvalue weighted by Gasteiger charge is 2.17. The molecule has 0 bridgehead atoms. The third-order valence-electron chi connectivity index (χ3n) is 2.57. The molecule has 2 nitrogen and oxygen atoms in total.